The van der Waals surface area contributed by atoms with Gasteiger partial charge < -0.3 is 9.47 Å². The molecular formula is C13H9BrF6N4O3S. The van der Waals surface area contributed by atoms with E-state index in [9.17, 15) is 31.1 Å². The van der Waals surface area contributed by atoms with Crippen LogP contribution in [0.15, 0.2) is 22.0 Å². The number of nitrogens with zero attached hydrogens (tertiary/aromatic N) is 2. The van der Waals surface area contributed by atoms with Crippen LogP contribution in [0.25, 0.3) is 0 Å². The second kappa shape index (κ2) is 8.81. The predicted octanol–water partition coefficient (Wildman–Crippen LogP) is 4.83. The number of rotatable bonds is 6. The molecule has 0 unspecified atom stereocenters. The van der Waals surface area contributed by atoms with E-state index in [1.165, 1.54) is 0 Å². The molecule has 0 aliphatic carbocycles. The van der Waals surface area contributed by atoms with Gasteiger partial charge in [-0.15, -0.1) is 11.3 Å². The lowest BCUT2D eigenvalue weighted by Crippen LogP contribution is -2.23. The molecule has 0 aliphatic rings. The molecule has 2 aromatic heterocycles. The number of thiophene rings is 1. The zero-order chi connectivity index (χ0) is 20.9. The summed E-state index contributed by atoms with van der Waals surface area (Å²) in [6.07, 6.45) is -9.43. The third-order valence-electron chi connectivity index (χ3n) is 2.48. The van der Waals surface area contributed by atoms with E-state index in [0.29, 0.717) is 15.5 Å². The number of anilines is 2. The maximum Gasteiger partial charge on any atom is 0.422 e. The molecule has 0 fully saturated rings. The molecule has 0 aliphatic heterocycles. The second-order valence-electron chi connectivity index (χ2n) is 4.88. The van der Waals surface area contributed by atoms with E-state index in [1.54, 1.807) is 11.4 Å². The number of hydrogen-bond acceptors (Lipinski definition) is 6. The molecule has 15 heteroatoms. The van der Waals surface area contributed by atoms with Crippen molar-refractivity contribution < 1.29 is 40.6 Å². The number of aromatic nitrogens is 2. The standard InChI is InChI=1S/C13H9BrF6N4O3S/c14-6-1-9(28-3-6)23-11(25)24-10-21-7(26-4-12(15,16)17)2-8(22-10)27-5-13(18,19)20/h1-3H,4-5H2,(H2,21,22,23,24,25). The molecule has 0 saturated heterocycles. The summed E-state index contributed by atoms with van der Waals surface area (Å²) in [6.45, 7) is -3.50. The van der Waals surface area contributed by atoms with E-state index in [2.05, 4.69) is 46.0 Å². The van der Waals surface area contributed by atoms with Gasteiger partial charge in [0.1, 0.15) is 0 Å². The molecule has 154 valence electrons. The highest BCUT2D eigenvalue weighted by molar-refractivity contribution is 9.10. The van der Waals surface area contributed by atoms with Gasteiger partial charge in [0.05, 0.1) is 11.1 Å². The molecule has 2 aromatic rings. The lowest BCUT2D eigenvalue weighted by Gasteiger charge is -2.13. The summed E-state index contributed by atoms with van der Waals surface area (Å²) < 4.78 is 83.1. The van der Waals surface area contributed by atoms with Gasteiger partial charge in [0.25, 0.3) is 0 Å². The van der Waals surface area contributed by atoms with Gasteiger partial charge in [-0.1, -0.05) is 0 Å². The van der Waals surface area contributed by atoms with Gasteiger partial charge in [-0.2, -0.15) is 36.3 Å². The van der Waals surface area contributed by atoms with Crippen molar-refractivity contribution in [3.05, 3.63) is 22.0 Å². The first-order chi connectivity index (χ1) is 12.9. The van der Waals surface area contributed by atoms with E-state index in [4.69, 9.17) is 0 Å². The Morgan fingerprint density at radius 1 is 1.00 bits per heavy atom. The van der Waals surface area contributed by atoms with Crippen LogP contribution in [0.1, 0.15) is 0 Å². The van der Waals surface area contributed by atoms with Crippen molar-refractivity contribution >= 4 is 44.2 Å². The van der Waals surface area contributed by atoms with Crippen molar-refractivity contribution in [3.63, 3.8) is 0 Å². The van der Waals surface area contributed by atoms with E-state index in [1.807, 2.05) is 0 Å². The highest BCUT2D eigenvalue weighted by Gasteiger charge is 2.30. The molecule has 0 aromatic carbocycles. The van der Waals surface area contributed by atoms with Crippen LogP contribution >= 0.6 is 27.3 Å². The molecule has 2 rings (SSSR count). The molecule has 0 atom stereocenters. The quantitative estimate of drug-likeness (QED) is 0.562. The Kier molecular flexibility index (Phi) is 6.92. The number of nitrogens with one attached hydrogen (secondary N) is 2. The predicted molar refractivity (Wildman–Crippen MR) is 89.8 cm³/mol. The summed E-state index contributed by atoms with van der Waals surface area (Å²) in [5, 5.41) is 6.52. The third-order valence-corrected chi connectivity index (χ3v) is 4.08. The maximum absolute atomic E-state index is 12.3. The first kappa shape index (κ1) is 22.0. The topological polar surface area (TPSA) is 85.4 Å². The molecule has 0 radical (unpaired) electrons. The Labute approximate surface area is 165 Å². The van der Waals surface area contributed by atoms with Gasteiger partial charge in [-0.25, -0.2) is 4.79 Å². The molecule has 28 heavy (non-hydrogen) atoms. The normalized spacial score (nSPS) is 11.8. The molecule has 0 bridgehead atoms. The summed E-state index contributed by atoms with van der Waals surface area (Å²) in [5.41, 5.74) is 0. The summed E-state index contributed by atoms with van der Waals surface area (Å²) >= 11 is 4.33. The Hall–Kier alpha value is -2.29. The first-order valence-corrected chi connectivity index (χ1v) is 8.67. The SMILES string of the molecule is O=C(Nc1nc(OCC(F)(F)F)cc(OCC(F)(F)F)n1)Nc1cc(Br)cs1. The number of ether oxygens (including phenoxy) is 2. The molecule has 0 spiro atoms. The van der Waals surface area contributed by atoms with Crippen LogP contribution in [-0.2, 0) is 0 Å². The number of urea groups is 1. The lowest BCUT2D eigenvalue weighted by atomic mass is 10.5. The van der Waals surface area contributed by atoms with Crippen molar-refractivity contribution in [2.45, 2.75) is 12.4 Å². The Bertz CT molecular complexity index is 793. The average Bonchev–Trinajstić information content (AvgIpc) is 2.94. The number of carbonyl (C=O) groups is 1. The summed E-state index contributed by atoms with van der Waals surface area (Å²) in [7, 11) is 0. The highest BCUT2D eigenvalue weighted by Crippen LogP contribution is 2.26. The zero-order valence-corrected chi connectivity index (χ0v) is 15.7. The molecule has 0 saturated carbocycles. The minimum Gasteiger partial charge on any atom is -0.468 e. The van der Waals surface area contributed by atoms with Gasteiger partial charge in [0.15, 0.2) is 13.2 Å². The first-order valence-electron chi connectivity index (χ1n) is 7.00. The monoisotopic (exact) mass is 494 g/mol. The van der Waals surface area contributed by atoms with E-state index < -0.39 is 49.3 Å². The number of halogens is 7. The Morgan fingerprint density at radius 2 is 1.54 bits per heavy atom. The highest BCUT2D eigenvalue weighted by atomic mass is 79.9. The van der Waals surface area contributed by atoms with Crippen LogP contribution in [0.3, 0.4) is 0 Å². The van der Waals surface area contributed by atoms with E-state index in [-0.39, 0.29) is 0 Å². The van der Waals surface area contributed by atoms with Gasteiger partial charge in [-0.05, 0) is 22.0 Å². The second-order valence-corrected chi connectivity index (χ2v) is 6.71. The fourth-order valence-corrected chi connectivity index (χ4v) is 2.86. The molecule has 2 heterocycles. The van der Waals surface area contributed by atoms with Crippen LogP contribution in [0.5, 0.6) is 11.8 Å². The summed E-state index contributed by atoms with van der Waals surface area (Å²) in [6, 6.07) is 1.31. The van der Waals surface area contributed by atoms with Crippen LogP contribution in [0, 0.1) is 0 Å². The van der Waals surface area contributed by atoms with Crippen molar-refractivity contribution in [1.82, 2.24) is 9.97 Å². The van der Waals surface area contributed by atoms with Crippen LogP contribution in [-0.4, -0.2) is 41.6 Å². The van der Waals surface area contributed by atoms with Gasteiger partial charge >= 0.3 is 18.4 Å². The number of hydrogen-bond donors (Lipinski definition) is 2. The van der Waals surface area contributed by atoms with Gasteiger partial charge in [-0.3, -0.25) is 10.6 Å². The largest absolute Gasteiger partial charge is 0.468 e. The maximum atomic E-state index is 12.3. The minimum atomic E-state index is -4.71. The smallest absolute Gasteiger partial charge is 0.422 e. The molecule has 2 amide bonds. The summed E-state index contributed by atoms with van der Waals surface area (Å²) in [4.78, 5) is 18.9. The van der Waals surface area contributed by atoms with Gasteiger partial charge in [0, 0.05) is 9.85 Å². The average molecular weight is 495 g/mol. The number of alkyl halides is 6. The van der Waals surface area contributed by atoms with Crippen LogP contribution in [0.2, 0.25) is 0 Å². The zero-order valence-electron chi connectivity index (χ0n) is 13.3. The third kappa shape index (κ3) is 8.16. The fraction of sp³-hybridized carbons (Fsp3) is 0.308. The van der Waals surface area contributed by atoms with Crippen molar-refractivity contribution in [3.8, 4) is 11.8 Å². The van der Waals surface area contributed by atoms with Gasteiger partial charge in [0.2, 0.25) is 17.7 Å². The van der Waals surface area contributed by atoms with Crippen molar-refractivity contribution in [2.75, 3.05) is 23.8 Å². The van der Waals surface area contributed by atoms with Crippen LogP contribution < -0.4 is 20.1 Å². The number of carbonyl (C=O) groups excluding carboxylic acids is 1. The van der Waals surface area contributed by atoms with E-state index >= 15 is 0 Å². The lowest BCUT2D eigenvalue weighted by molar-refractivity contribution is -0.154. The Balaban J connectivity index is 2.14. The Morgan fingerprint density at radius 3 is 1.96 bits per heavy atom. The molecular weight excluding hydrogens is 486 g/mol. The van der Waals surface area contributed by atoms with Crippen molar-refractivity contribution in [2.24, 2.45) is 0 Å². The van der Waals surface area contributed by atoms with E-state index in [0.717, 1.165) is 11.3 Å². The van der Waals surface area contributed by atoms with Crippen LogP contribution in [0.4, 0.5) is 42.1 Å². The minimum absolute atomic E-state index is 0.405. The summed E-state index contributed by atoms with van der Waals surface area (Å²) in [5.74, 6) is -2.10. The molecule has 2 N–H and O–H groups in total. The van der Waals surface area contributed by atoms with Crippen molar-refractivity contribution in [1.29, 1.82) is 0 Å². The fourth-order valence-electron chi connectivity index (χ4n) is 1.54. The number of amides is 2. The molecule has 7 nitrogen and oxygen atoms in total.